The van der Waals surface area contributed by atoms with Crippen molar-refractivity contribution < 1.29 is 28.0 Å². The Morgan fingerprint density at radius 3 is 2.45 bits per heavy atom. The van der Waals surface area contributed by atoms with Gasteiger partial charge in [-0.2, -0.15) is 23.3 Å². The van der Waals surface area contributed by atoms with Crippen molar-refractivity contribution in [2.24, 2.45) is 22.4 Å². The molecule has 170 valence electrons. The van der Waals surface area contributed by atoms with E-state index in [4.69, 9.17) is 0 Å². The van der Waals surface area contributed by atoms with Gasteiger partial charge in [-0.25, -0.2) is 0 Å². The summed E-state index contributed by atoms with van der Waals surface area (Å²) in [4.78, 5) is 22.9. The van der Waals surface area contributed by atoms with Gasteiger partial charge in [-0.3, -0.25) is 14.9 Å². The highest BCUT2D eigenvalue weighted by Gasteiger charge is 2.69. The van der Waals surface area contributed by atoms with Crippen LogP contribution in [0.25, 0.3) is 0 Å². The number of amides is 1. The zero-order valence-electron chi connectivity index (χ0n) is 17.6. The fraction of sp³-hybridized carbons (Fsp3) is 0.619. The van der Waals surface area contributed by atoms with Gasteiger partial charge in [0.1, 0.15) is 0 Å². The largest absolute Gasteiger partial charge is 0.439 e. The minimum Gasteiger partial charge on any atom is -0.362 e. The lowest BCUT2D eigenvalue weighted by Gasteiger charge is -2.43. The number of nitro benzene ring substituents is 1. The lowest BCUT2D eigenvalue weighted by molar-refractivity contribution is -0.384. The number of fused-ring (bicyclic) bond motifs is 1. The average Bonchev–Trinajstić information content (AvgIpc) is 3.02. The van der Waals surface area contributed by atoms with Gasteiger partial charge in [0, 0.05) is 17.8 Å². The second kappa shape index (κ2) is 7.89. The number of halogens is 3. The topological polar surface area (TPSA) is 96.0 Å². The Labute approximate surface area is 178 Å². The van der Waals surface area contributed by atoms with E-state index in [1.165, 1.54) is 24.3 Å². The molecule has 2 aliphatic rings. The van der Waals surface area contributed by atoms with Gasteiger partial charge in [0.05, 0.1) is 17.3 Å². The molecule has 3 rings (SSSR count). The van der Waals surface area contributed by atoms with Crippen molar-refractivity contribution >= 4 is 17.3 Å². The van der Waals surface area contributed by atoms with Crippen molar-refractivity contribution in [3.63, 3.8) is 0 Å². The summed E-state index contributed by atoms with van der Waals surface area (Å²) < 4.78 is 42.4. The molecule has 1 aromatic rings. The van der Waals surface area contributed by atoms with Gasteiger partial charge >= 0.3 is 6.18 Å². The quantitative estimate of drug-likeness (QED) is 0.540. The Bertz CT molecular complexity index is 898. The van der Waals surface area contributed by atoms with Crippen molar-refractivity contribution in [2.75, 3.05) is 0 Å². The van der Waals surface area contributed by atoms with Gasteiger partial charge < -0.3 is 5.11 Å². The number of hydrogen-bond donors (Lipinski definition) is 1. The highest BCUT2D eigenvalue weighted by atomic mass is 19.4. The molecule has 0 aromatic heterocycles. The van der Waals surface area contributed by atoms with Gasteiger partial charge in [0.2, 0.25) is 5.91 Å². The number of hydrazone groups is 1. The predicted octanol–water partition coefficient (Wildman–Crippen LogP) is 4.44. The summed E-state index contributed by atoms with van der Waals surface area (Å²) in [7, 11) is 0. The van der Waals surface area contributed by atoms with Crippen LogP contribution in [0.1, 0.15) is 52.0 Å². The van der Waals surface area contributed by atoms with Crippen molar-refractivity contribution in [2.45, 2.75) is 64.8 Å². The Morgan fingerprint density at radius 1 is 1.32 bits per heavy atom. The molecular formula is C21H26F3N3O4. The van der Waals surface area contributed by atoms with E-state index in [1.807, 2.05) is 20.8 Å². The molecule has 1 aromatic carbocycles. The minimum absolute atomic E-state index is 0.0416. The minimum atomic E-state index is -5.09. The van der Waals surface area contributed by atoms with Gasteiger partial charge in [-0.15, -0.1) is 0 Å². The maximum Gasteiger partial charge on any atom is 0.439 e. The Hall–Kier alpha value is -2.49. The first-order chi connectivity index (χ1) is 14.3. The van der Waals surface area contributed by atoms with Crippen LogP contribution in [0.4, 0.5) is 18.9 Å². The van der Waals surface area contributed by atoms with Crippen LogP contribution in [0.5, 0.6) is 0 Å². The molecule has 1 heterocycles. The number of aliphatic hydroxyl groups is 1. The van der Waals surface area contributed by atoms with Gasteiger partial charge in [-0.05, 0) is 36.2 Å². The molecule has 0 spiro atoms. The summed E-state index contributed by atoms with van der Waals surface area (Å²) >= 11 is 0. The lowest BCUT2D eigenvalue weighted by Crippen LogP contribution is -2.62. The van der Waals surface area contributed by atoms with Crippen molar-refractivity contribution in [3.8, 4) is 0 Å². The smallest absolute Gasteiger partial charge is 0.362 e. The monoisotopic (exact) mass is 441 g/mol. The number of hydrogen-bond acceptors (Lipinski definition) is 5. The van der Waals surface area contributed by atoms with E-state index < -0.39 is 35.1 Å². The van der Waals surface area contributed by atoms with E-state index in [9.17, 15) is 33.2 Å². The number of nitro groups is 1. The molecule has 1 N–H and O–H groups in total. The Kier molecular flexibility index (Phi) is 5.90. The summed E-state index contributed by atoms with van der Waals surface area (Å²) in [6.45, 7) is 5.98. The molecule has 1 aliphatic carbocycles. The van der Waals surface area contributed by atoms with Crippen LogP contribution in [0.2, 0.25) is 0 Å². The third-order valence-corrected chi connectivity index (χ3v) is 6.88. The van der Waals surface area contributed by atoms with Crippen molar-refractivity contribution in [1.29, 1.82) is 0 Å². The van der Waals surface area contributed by atoms with Crippen LogP contribution in [-0.2, 0) is 11.2 Å². The van der Waals surface area contributed by atoms with Crippen LogP contribution >= 0.6 is 0 Å². The zero-order chi connectivity index (χ0) is 23.2. The van der Waals surface area contributed by atoms with E-state index in [1.54, 1.807) is 0 Å². The van der Waals surface area contributed by atoms with Gasteiger partial charge in [0.25, 0.3) is 11.4 Å². The maximum absolute atomic E-state index is 14.1. The van der Waals surface area contributed by atoms with Crippen molar-refractivity contribution in [3.05, 3.63) is 39.9 Å². The van der Waals surface area contributed by atoms with Gasteiger partial charge in [-0.1, -0.05) is 39.3 Å². The fourth-order valence-electron chi connectivity index (χ4n) is 4.45. The fourth-order valence-corrected chi connectivity index (χ4v) is 4.45. The normalized spacial score (nSPS) is 26.4. The molecule has 7 nitrogen and oxygen atoms in total. The van der Waals surface area contributed by atoms with Crippen molar-refractivity contribution in [1.82, 2.24) is 5.01 Å². The van der Waals surface area contributed by atoms with Crippen LogP contribution < -0.4 is 0 Å². The molecule has 0 bridgehead atoms. The molecule has 3 atom stereocenters. The number of benzene rings is 1. The Balaban J connectivity index is 1.88. The number of rotatable bonds is 5. The summed E-state index contributed by atoms with van der Waals surface area (Å²) in [5.41, 5.74) is -3.31. The molecule has 0 unspecified atom stereocenters. The molecule has 1 fully saturated rings. The first kappa shape index (κ1) is 23.2. The van der Waals surface area contributed by atoms with E-state index in [0.717, 1.165) is 6.42 Å². The molecule has 0 radical (unpaired) electrons. The van der Waals surface area contributed by atoms with E-state index in [0.29, 0.717) is 18.4 Å². The average molecular weight is 441 g/mol. The lowest BCUT2D eigenvalue weighted by atomic mass is 9.64. The molecule has 1 aliphatic heterocycles. The molecule has 31 heavy (non-hydrogen) atoms. The van der Waals surface area contributed by atoms with Gasteiger partial charge in [0.15, 0.2) is 0 Å². The number of alkyl halides is 3. The first-order valence-electron chi connectivity index (χ1n) is 10.2. The molecule has 10 heteroatoms. The molecular weight excluding hydrogens is 415 g/mol. The third kappa shape index (κ3) is 4.05. The number of carbonyl (C=O) groups excluding carboxylic acids is 1. The SMILES string of the molecule is CCC(C)(C)[C@@H]1CCC2=NN(C(=O)Cc3ccc([N+](=O)[O-])cc3)[C@@](O)(C(F)(F)F)[C@H]2C1. The summed E-state index contributed by atoms with van der Waals surface area (Å²) in [5.74, 6) is -2.36. The summed E-state index contributed by atoms with van der Waals surface area (Å²) in [5, 5.41) is 25.8. The highest BCUT2D eigenvalue weighted by molar-refractivity contribution is 5.93. The second-order valence-electron chi connectivity index (χ2n) is 8.99. The second-order valence-corrected chi connectivity index (χ2v) is 8.99. The molecule has 0 saturated heterocycles. The van der Waals surface area contributed by atoms with Crippen LogP contribution in [0.3, 0.4) is 0 Å². The molecule has 1 amide bonds. The Morgan fingerprint density at radius 2 is 1.94 bits per heavy atom. The number of non-ortho nitro benzene ring substituents is 1. The van der Waals surface area contributed by atoms with Crippen LogP contribution in [-0.4, -0.2) is 38.6 Å². The number of carbonyl (C=O) groups is 1. The third-order valence-electron chi connectivity index (χ3n) is 6.88. The number of nitrogens with zero attached hydrogens (tertiary/aromatic N) is 3. The summed E-state index contributed by atoms with van der Waals surface area (Å²) in [6.07, 6.45) is -3.75. The maximum atomic E-state index is 14.1. The molecule has 1 saturated carbocycles. The zero-order valence-corrected chi connectivity index (χ0v) is 17.6. The predicted molar refractivity (Wildman–Crippen MR) is 107 cm³/mol. The van der Waals surface area contributed by atoms with E-state index >= 15 is 0 Å². The van der Waals surface area contributed by atoms with E-state index in [2.05, 4.69) is 5.10 Å². The van der Waals surface area contributed by atoms with Crippen LogP contribution in [0, 0.1) is 27.4 Å². The highest BCUT2D eigenvalue weighted by Crippen LogP contribution is 2.52. The van der Waals surface area contributed by atoms with Crippen LogP contribution in [0.15, 0.2) is 29.4 Å². The van der Waals surface area contributed by atoms with E-state index in [-0.39, 0.29) is 34.2 Å². The summed E-state index contributed by atoms with van der Waals surface area (Å²) in [6, 6.07) is 4.95. The standard InChI is InChI=1S/C21H26F3N3O4/c1-4-19(2,3)14-7-10-17-16(12-14)20(29,21(22,23)24)26(25-17)18(28)11-13-5-8-15(9-6-13)27(30)31/h5-6,8-9,14,16,29H,4,7,10-12H2,1-3H3/t14-,16+,20+/m1/s1. The first-order valence-corrected chi connectivity index (χ1v) is 10.2.